The average Bonchev–Trinajstić information content (AvgIpc) is 2.74. The van der Waals surface area contributed by atoms with E-state index in [9.17, 15) is 0 Å². The molecule has 136 valence electrons. The Morgan fingerprint density at radius 3 is 2.39 bits per heavy atom. The van der Waals surface area contributed by atoms with Crippen LogP contribution < -0.4 is 5.43 Å². The van der Waals surface area contributed by atoms with Gasteiger partial charge >= 0.3 is 0 Å². The summed E-state index contributed by atoms with van der Waals surface area (Å²) in [6.45, 7) is 2.07. The van der Waals surface area contributed by atoms with Gasteiger partial charge in [0.15, 0.2) is 0 Å². The first-order chi connectivity index (χ1) is 13.8. The zero-order valence-electron chi connectivity index (χ0n) is 15.6. The molecule has 0 fully saturated rings. The zero-order valence-corrected chi connectivity index (χ0v) is 15.6. The van der Waals surface area contributed by atoms with Crippen LogP contribution in [0, 0.1) is 6.92 Å². The van der Waals surface area contributed by atoms with Crippen molar-refractivity contribution >= 4 is 29.1 Å². The van der Waals surface area contributed by atoms with Crippen molar-refractivity contribution in [2.45, 2.75) is 6.92 Å². The van der Waals surface area contributed by atoms with Gasteiger partial charge in [-0.15, -0.1) is 0 Å². The maximum absolute atomic E-state index is 4.71. The molecule has 0 saturated carbocycles. The van der Waals surface area contributed by atoms with Gasteiger partial charge in [0, 0.05) is 17.2 Å². The van der Waals surface area contributed by atoms with Gasteiger partial charge in [-0.25, -0.2) is 15.4 Å². The number of aromatic nitrogens is 2. The van der Waals surface area contributed by atoms with Gasteiger partial charge in [0.1, 0.15) is 0 Å². The standard InChI is InChI=1S/C24H20N4/c1-18-14-15-22-21(17-18)23(20-12-6-3-7-13-20)27-24(26-22)28-25-16-8-11-19-9-4-2-5-10-19/h2-17H,1H3,(H,26,27,28)/b11-8+,25-16+. The van der Waals surface area contributed by atoms with E-state index in [1.165, 1.54) is 5.56 Å². The number of hydrogen-bond donors (Lipinski definition) is 1. The van der Waals surface area contributed by atoms with E-state index in [1.807, 2.05) is 66.7 Å². The minimum atomic E-state index is 0.472. The highest BCUT2D eigenvalue weighted by Crippen LogP contribution is 2.27. The fourth-order valence-corrected chi connectivity index (χ4v) is 2.96. The Labute approximate surface area is 164 Å². The number of aryl methyl sites for hydroxylation is 1. The largest absolute Gasteiger partial charge is 0.245 e. The van der Waals surface area contributed by atoms with Crippen LogP contribution >= 0.6 is 0 Å². The van der Waals surface area contributed by atoms with E-state index >= 15 is 0 Å². The van der Waals surface area contributed by atoms with Crippen LogP contribution in [-0.2, 0) is 0 Å². The molecule has 28 heavy (non-hydrogen) atoms. The highest BCUT2D eigenvalue weighted by Gasteiger charge is 2.09. The van der Waals surface area contributed by atoms with Crippen molar-refractivity contribution in [1.29, 1.82) is 0 Å². The summed E-state index contributed by atoms with van der Waals surface area (Å²) in [5, 5.41) is 5.26. The molecule has 0 amide bonds. The zero-order chi connectivity index (χ0) is 19.2. The van der Waals surface area contributed by atoms with E-state index in [1.54, 1.807) is 6.21 Å². The van der Waals surface area contributed by atoms with Gasteiger partial charge in [-0.1, -0.05) is 78.4 Å². The molecule has 0 unspecified atom stereocenters. The van der Waals surface area contributed by atoms with Gasteiger partial charge in [0.05, 0.1) is 11.2 Å². The van der Waals surface area contributed by atoms with E-state index in [-0.39, 0.29) is 0 Å². The molecule has 0 atom stereocenters. The van der Waals surface area contributed by atoms with Crippen LogP contribution in [0.25, 0.3) is 28.2 Å². The molecule has 1 heterocycles. The summed E-state index contributed by atoms with van der Waals surface area (Å²) in [6.07, 6.45) is 5.56. The number of anilines is 1. The number of rotatable bonds is 5. The first-order valence-electron chi connectivity index (χ1n) is 9.14. The second-order valence-corrected chi connectivity index (χ2v) is 6.44. The predicted octanol–water partition coefficient (Wildman–Crippen LogP) is 5.72. The molecule has 4 nitrogen and oxygen atoms in total. The molecule has 4 aromatic rings. The number of hydrazone groups is 1. The highest BCUT2D eigenvalue weighted by atomic mass is 15.3. The van der Waals surface area contributed by atoms with Gasteiger partial charge < -0.3 is 0 Å². The van der Waals surface area contributed by atoms with Crippen LogP contribution in [0.4, 0.5) is 5.95 Å². The van der Waals surface area contributed by atoms with Gasteiger partial charge in [-0.3, -0.25) is 0 Å². The van der Waals surface area contributed by atoms with Crippen molar-refractivity contribution in [1.82, 2.24) is 9.97 Å². The molecule has 0 aliphatic rings. The fraction of sp³-hybridized carbons (Fsp3) is 0.0417. The number of nitrogens with zero attached hydrogens (tertiary/aromatic N) is 3. The Bertz CT molecular complexity index is 1130. The lowest BCUT2D eigenvalue weighted by Gasteiger charge is -2.09. The first-order valence-corrected chi connectivity index (χ1v) is 9.14. The van der Waals surface area contributed by atoms with Crippen LogP contribution in [0.15, 0.2) is 90.0 Å². The van der Waals surface area contributed by atoms with Crippen molar-refractivity contribution in [2.75, 3.05) is 5.43 Å². The van der Waals surface area contributed by atoms with E-state index < -0.39 is 0 Å². The summed E-state index contributed by atoms with van der Waals surface area (Å²) in [6, 6.07) is 26.4. The summed E-state index contributed by atoms with van der Waals surface area (Å²) in [4.78, 5) is 9.31. The van der Waals surface area contributed by atoms with E-state index in [2.05, 4.69) is 46.7 Å². The second-order valence-electron chi connectivity index (χ2n) is 6.44. The Morgan fingerprint density at radius 1 is 0.857 bits per heavy atom. The van der Waals surface area contributed by atoms with Crippen LogP contribution in [0.1, 0.15) is 11.1 Å². The van der Waals surface area contributed by atoms with E-state index in [0.717, 1.165) is 27.7 Å². The molecule has 0 aliphatic carbocycles. The van der Waals surface area contributed by atoms with Gasteiger partial charge in [0.2, 0.25) is 5.95 Å². The number of hydrogen-bond acceptors (Lipinski definition) is 4. The molecule has 0 spiro atoms. The first kappa shape index (κ1) is 17.6. The van der Waals surface area contributed by atoms with Gasteiger partial charge in [-0.2, -0.15) is 5.10 Å². The summed E-state index contributed by atoms with van der Waals surface area (Å²) in [5.41, 5.74) is 8.08. The topological polar surface area (TPSA) is 50.2 Å². The quantitative estimate of drug-likeness (QED) is 0.364. The lowest BCUT2D eigenvalue weighted by atomic mass is 10.0. The predicted molar refractivity (Wildman–Crippen MR) is 117 cm³/mol. The Morgan fingerprint density at radius 2 is 1.61 bits per heavy atom. The normalized spacial score (nSPS) is 11.5. The Hall–Kier alpha value is -3.79. The van der Waals surface area contributed by atoms with Gasteiger partial charge in [-0.05, 0) is 30.7 Å². The smallest absolute Gasteiger partial charge is 0.244 e. The molecule has 4 rings (SSSR count). The maximum atomic E-state index is 4.71. The van der Waals surface area contributed by atoms with Crippen LogP contribution in [0.2, 0.25) is 0 Å². The van der Waals surface area contributed by atoms with E-state index in [4.69, 9.17) is 4.98 Å². The number of benzene rings is 3. The molecule has 0 saturated heterocycles. The van der Waals surface area contributed by atoms with Crippen molar-refractivity contribution < 1.29 is 0 Å². The Balaban J connectivity index is 1.62. The van der Waals surface area contributed by atoms with Crippen LogP contribution in [0.3, 0.4) is 0 Å². The molecule has 0 radical (unpaired) electrons. The molecule has 4 heteroatoms. The van der Waals surface area contributed by atoms with Crippen molar-refractivity contribution in [3.05, 3.63) is 96.1 Å². The fourth-order valence-electron chi connectivity index (χ4n) is 2.96. The molecule has 1 N–H and O–H groups in total. The lowest BCUT2D eigenvalue weighted by molar-refractivity contribution is 1.16. The number of fused-ring (bicyclic) bond motifs is 1. The third kappa shape index (κ3) is 4.13. The average molecular weight is 364 g/mol. The summed E-state index contributed by atoms with van der Waals surface area (Å²) < 4.78 is 0. The van der Waals surface area contributed by atoms with Crippen LogP contribution in [-0.4, -0.2) is 16.2 Å². The third-order valence-corrected chi connectivity index (χ3v) is 4.31. The van der Waals surface area contributed by atoms with E-state index in [0.29, 0.717) is 5.95 Å². The number of allylic oxidation sites excluding steroid dienone is 1. The monoisotopic (exact) mass is 364 g/mol. The second kappa shape index (κ2) is 8.27. The maximum Gasteiger partial charge on any atom is 0.244 e. The molecule has 0 aliphatic heterocycles. The SMILES string of the molecule is Cc1ccc2nc(N/N=C/C=C/c3ccccc3)nc(-c3ccccc3)c2c1. The van der Waals surface area contributed by atoms with Crippen molar-refractivity contribution in [2.24, 2.45) is 5.10 Å². The lowest BCUT2D eigenvalue weighted by Crippen LogP contribution is -1.99. The summed E-state index contributed by atoms with van der Waals surface area (Å²) in [5.74, 6) is 0.472. The number of nitrogens with one attached hydrogen (secondary N) is 1. The highest BCUT2D eigenvalue weighted by molar-refractivity contribution is 5.93. The van der Waals surface area contributed by atoms with Crippen molar-refractivity contribution in [3.63, 3.8) is 0 Å². The summed E-state index contributed by atoms with van der Waals surface area (Å²) in [7, 11) is 0. The Kier molecular flexibility index (Phi) is 5.20. The van der Waals surface area contributed by atoms with Crippen molar-refractivity contribution in [3.8, 4) is 11.3 Å². The minimum absolute atomic E-state index is 0.472. The molecular formula is C24H20N4. The third-order valence-electron chi connectivity index (χ3n) is 4.31. The minimum Gasteiger partial charge on any atom is -0.245 e. The molecule has 0 bridgehead atoms. The van der Waals surface area contributed by atoms with Crippen LogP contribution in [0.5, 0.6) is 0 Å². The molecular weight excluding hydrogens is 344 g/mol. The molecule has 3 aromatic carbocycles. The molecule has 1 aromatic heterocycles. The summed E-state index contributed by atoms with van der Waals surface area (Å²) >= 11 is 0. The van der Waals surface area contributed by atoms with Gasteiger partial charge in [0.25, 0.3) is 0 Å².